The van der Waals surface area contributed by atoms with Gasteiger partial charge in [-0.3, -0.25) is 14.7 Å². The van der Waals surface area contributed by atoms with Crippen molar-refractivity contribution < 1.29 is 14.0 Å². The summed E-state index contributed by atoms with van der Waals surface area (Å²) in [5.41, 5.74) is 1.48. The van der Waals surface area contributed by atoms with Crippen molar-refractivity contribution in [3.8, 4) is 0 Å². The van der Waals surface area contributed by atoms with Crippen molar-refractivity contribution in [2.45, 2.75) is 27.4 Å². The highest BCUT2D eigenvalue weighted by molar-refractivity contribution is 7.58. The molecule has 0 aromatic heterocycles. The fourth-order valence-electron chi connectivity index (χ4n) is 1.61. The van der Waals surface area contributed by atoms with Gasteiger partial charge in [0.2, 0.25) is 7.37 Å². The van der Waals surface area contributed by atoms with Crippen LogP contribution in [0.1, 0.15) is 25.0 Å². The van der Waals surface area contributed by atoms with Gasteiger partial charge in [-0.05, 0) is 24.6 Å². The molecule has 0 fully saturated rings. The van der Waals surface area contributed by atoms with Crippen LogP contribution in [0.5, 0.6) is 0 Å². The van der Waals surface area contributed by atoms with Crippen molar-refractivity contribution >= 4 is 13.1 Å². The molecule has 5 nitrogen and oxygen atoms in total. The molecule has 0 radical (unpaired) electrons. The lowest BCUT2D eigenvalue weighted by Crippen LogP contribution is -1.98. The SMILES string of the molecule is CCP(=O)(CC)OCc1ccc([N+](=O)[O-])c(C)c1. The van der Waals surface area contributed by atoms with Crippen LogP contribution in [-0.2, 0) is 15.7 Å². The van der Waals surface area contributed by atoms with E-state index in [1.54, 1.807) is 19.1 Å². The van der Waals surface area contributed by atoms with E-state index in [9.17, 15) is 14.7 Å². The molecule has 0 bridgehead atoms. The second kappa shape index (κ2) is 6.12. The van der Waals surface area contributed by atoms with E-state index in [-0.39, 0.29) is 12.3 Å². The number of rotatable bonds is 6. The summed E-state index contributed by atoms with van der Waals surface area (Å²) in [4.78, 5) is 10.3. The lowest BCUT2D eigenvalue weighted by atomic mass is 10.1. The maximum absolute atomic E-state index is 12.1. The Morgan fingerprint density at radius 1 is 1.33 bits per heavy atom. The van der Waals surface area contributed by atoms with Gasteiger partial charge in [0, 0.05) is 24.0 Å². The summed E-state index contributed by atoms with van der Waals surface area (Å²) in [7, 11) is -2.53. The summed E-state index contributed by atoms with van der Waals surface area (Å²) >= 11 is 0. The first kappa shape index (κ1) is 14.9. The third kappa shape index (κ3) is 3.65. The van der Waals surface area contributed by atoms with Crippen LogP contribution in [0.15, 0.2) is 18.2 Å². The molecule has 1 rings (SSSR count). The highest BCUT2D eigenvalue weighted by atomic mass is 31.2. The van der Waals surface area contributed by atoms with Gasteiger partial charge in [-0.25, -0.2) is 0 Å². The Kier molecular flexibility index (Phi) is 5.05. The lowest BCUT2D eigenvalue weighted by molar-refractivity contribution is -0.385. The summed E-state index contributed by atoms with van der Waals surface area (Å²) < 4.78 is 17.5. The van der Waals surface area contributed by atoms with Gasteiger partial charge in [-0.15, -0.1) is 0 Å². The number of nitro groups is 1. The Morgan fingerprint density at radius 2 is 1.94 bits per heavy atom. The van der Waals surface area contributed by atoms with Gasteiger partial charge >= 0.3 is 0 Å². The minimum atomic E-state index is -2.53. The normalized spacial score (nSPS) is 11.5. The number of hydrogen-bond donors (Lipinski definition) is 0. The average molecular weight is 271 g/mol. The molecule has 0 aliphatic rings. The van der Waals surface area contributed by atoms with Crippen molar-refractivity contribution in [2.24, 2.45) is 0 Å². The Hall–Kier alpha value is -1.19. The first-order valence-electron chi connectivity index (χ1n) is 5.88. The Labute approximate surface area is 107 Å². The van der Waals surface area contributed by atoms with Crippen molar-refractivity contribution in [2.75, 3.05) is 12.3 Å². The maximum atomic E-state index is 12.1. The van der Waals surface area contributed by atoms with Crippen molar-refractivity contribution in [3.63, 3.8) is 0 Å². The molecule has 0 spiro atoms. The van der Waals surface area contributed by atoms with E-state index in [2.05, 4.69) is 0 Å². The van der Waals surface area contributed by atoms with Crippen LogP contribution < -0.4 is 0 Å². The van der Waals surface area contributed by atoms with E-state index >= 15 is 0 Å². The monoisotopic (exact) mass is 271 g/mol. The predicted octanol–water partition coefficient (Wildman–Crippen LogP) is 3.74. The molecule has 0 aliphatic heterocycles. The van der Waals surface area contributed by atoms with E-state index in [0.29, 0.717) is 17.9 Å². The molecule has 0 unspecified atom stereocenters. The van der Waals surface area contributed by atoms with Crippen LogP contribution in [0.4, 0.5) is 5.69 Å². The second-order valence-electron chi connectivity index (χ2n) is 4.10. The van der Waals surface area contributed by atoms with E-state index in [4.69, 9.17) is 4.52 Å². The van der Waals surface area contributed by atoms with Gasteiger partial charge in [0.25, 0.3) is 5.69 Å². The van der Waals surface area contributed by atoms with Crippen molar-refractivity contribution in [1.82, 2.24) is 0 Å². The molecule has 6 heteroatoms. The Morgan fingerprint density at radius 3 is 2.39 bits per heavy atom. The average Bonchev–Trinajstić information content (AvgIpc) is 2.35. The topological polar surface area (TPSA) is 69.4 Å². The Bertz CT molecular complexity index is 479. The van der Waals surface area contributed by atoms with Crippen LogP contribution in [0.3, 0.4) is 0 Å². The number of nitrogens with zero attached hydrogens (tertiary/aromatic N) is 1. The van der Waals surface area contributed by atoms with Gasteiger partial charge in [0.1, 0.15) is 0 Å². The zero-order valence-electron chi connectivity index (χ0n) is 10.9. The minimum Gasteiger partial charge on any atom is -0.324 e. The van der Waals surface area contributed by atoms with Gasteiger partial charge in [-0.2, -0.15) is 0 Å². The Balaban J connectivity index is 2.79. The third-order valence-electron chi connectivity index (χ3n) is 2.89. The smallest absolute Gasteiger partial charge is 0.272 e. The molecule has 0 atom stereocenters. The summed E-state index contributed by atoms with van der Waals surface area (Å²) in [6.45, 7) is 5.59. The largest absolute Gasteiger partial charge is 0.324 e. The molecule has 18 heavy (non-hydrogen) atoms. The lowest BCUT2D eigenvalue weighted by Gasteiger charge is -2.14. The minimum absolute atomic E-state index is 0.0907. The van der Waals surface area contributed by atoms with Crippen LogP contribution in [-0.4, -0.2) is 17.2 Å². The van der Waals surface area contributed by atoms with Crippen molar-refractivity contribution in [1.29, 1.82) is 0 Å². The van der Waals surface area contributed by atoms with Crippen LogP contribution >= 0.6 is 7.37 Å². The summed E-state index contributed by atoms with van der Waals surface area (Å²) in [5, 5.41) is 10.7. The molecule has 0 N–H and O–H groups in total. The summed E-state index contributed by atoms with van der Waals surface area (Å²) in [6, 6.07) is 4.80. The molecular formula is C12H18NO4P. The highest BCUT2D eigenvalue weighted by Crippen LogP contribution is 2.46. The van der Waals surface area contributed by atoms with E-state index in [0.717, 1.165) is 5.56 Å². The van der Waals surface area contributed by atoms with Gasteiger partial charge < -0.3 is 4.52 Å². The van der Waals surface area contributed by atoms with Gasteiger partial charge in [-0.1, -0.05) is 13.8 Å². The van der Waals surface area contributed by atoms with E-state index in [1.807, 2.05) is 13.8 Å². The molecule has 0 heterocycles. The second-order valence-corrected chi connectivity index (χ2v) is 7.25. The zero-order chi connectivity index (χ0) is 13.8. The number of hydrogen-bond acceptors (Lipinski definition) is 4. The molecule has 0 saturated heterocycles. The maximum Gasteiger partial charge on any atom is 0.272 e. The predicted molar refractivity (Wildman–Crippen MR) is 71.3 cm³/mol. The summed E-state index contributed by atoms with van der Waals surface area (Å²) in [6.07, 6.45) is 1.02. The molecule has 1 aromatic carbocycles. The zero-order valence-corrected chi connectivity index (χ0v) is 11.8. The van der Waals surface area contributed by atoms with Crippen molar-refractivity contribution in [3.05, 3.63) is 39.4 Å². The number of benzene rings is 1. The molecule has 0 aliphatic carbocycles. The van der Waals surface area contributed by atoms with E-state index < -0.39 is 12.3 Å². The highest BCUT2D eigenvalue weighted by Gasteiger charge is 2.18. The van der Waals surface area contributed by atoms with Crippen LogP contribution in [0.2, 0.25) is 0 Å². The first-order valence-corrected chi connectivity index (χ1v) is 7.88. The quantitative estimate of drug-likeness (QED) is 0.449. The first-order chi connectivity index (χ1) is 8.41. The number of nitro benzene ring substituents is 1. The fourth-order valence-corrected chi connectivity index (χ4v) is 2.81. The summed E-state index contributed by atoms with van der Waals surface area (Å²) in [5.74, 6) is 0. The fraction of sp³-hybridized carbons (Fsp3) is 0.500. The van der Waals surface area contributed by atoms with Gasteiger partial charge in [0.15, 0.2) is 0 Å². The molecule has 0 amide bonds. The molecule has 1 aromatic rings. The molecule has 0 saturated carbocycles. The standard InChI is InChI=1S/C12H18NO4P/c1-4-18(16,5-2)17-9-11-6-7-12(13(14)15)10(3)8-11/h6-8H,4-5,9H2,1-3H3. The van der Waals surface area contributed by atoms with Crippen LogP contribution in [0.25, 0.3) is 0 Å². The third-order valence-corrected chi connectivity index (χ3v) is 5.41. The number of aryl methyl sites for hydroxylation is 1. The van der Waals surface area contributed by atoms with E-state index in [1.165, 1.54) is 6.07 Å². The van der Waals surface area contributed by atoms with Gasteiger partial charge in [0.05, 0.1) is 11.5 Å². The van der Waals surface area contributed by atoms with Crippen LogP contribution in [0, 0.1) is 17.0 Å². The molecular weight excluding hydrogens is 253 g/mol. The molecule has 100 valence electrons.